The van der Waals surface area contributed by atoms with E-state index in [2.05, 4.69) is 15.8 Å². The predicted octanol–water partition coefficient (Wildman–Crippen LogP) is 3.68. The van der Waals surface area contributed by atoms with Crippen LogP contribution in [-0.2, 0) is 11.2 Å². The fourth-order valence-corrected chi connectivity index (χ4v) is 4.99. The molecular weight excluding hydrogens is 496 g/mol. The summed E-state index contributed by atoms with van der Waals surface area (Å²) < 4.78 is 36.6. The van der Waals surface area contributed by atoms with Crippen molar-refractivity contribution in [2.75, 3.05) is 13.2 Å². The molecule has 2 amide bonds. The van der Waals surface area contributed by atoms with Crippen LogP contribution in [0.15, 0.2) is 40.1 Å². The Labute approximate surface area is 219 Å². The maximum absolute atomic E-state index is 13.3. The molecule has 3 aliphatic rings. The molecule has 0 spiro atoms. The minimum atomic E-state index is -2.90. The van der Waals surface area contributed by atoms with Crippen molar-refractivity contribution in [2.45, 2.75) is 70.5 Å². The predicted molar refractivity (Wildman–Crippen MR) is 135 cm³/mol. The first-order chi connectivity index (χ1) is 18.2. The number of alkyl halides is 2. The molecule has 2 aromatic rings. The monoisotopic (exact) mass is 529 g/mol. The van der Waals surface area contributed by atoms with Crippen molar-refractivity contribution < 1.29 is 27.6 Å². The molecule has 1 saturated heterocycles. The van der Waals surface area contributed by atoms with Gasteiger partial charge in [0, 0.05) is 31.5 Å². The zero-order chi connectivity index (χ0) is 26.9. The summed E-state index contributed by atoms with van der Waals surface area (Å²) in [4.78, 5) is 26.2. The Morgan fingerprint density at radius 3 is 2.84 bits per heavy atom. The van der Waals surface area contributed by atoms with Gasteiger partial charge in [-0.25, -0.2) is 8.78 Å². The number of nitrogens with one attached hydrogen (secondary N) is 2. The smallest absolute Gasteiger partial charge is 0.291 e. The fourth-order valence-electron chi connectivity index (χ4n) is 4.99. The molecule has 0 bridgehead atoms. The van der Waals surface area contributed by atoms with Crippen molar-refractivity contribution in [1.29, 1.82) is 0 Å². The lowest BCUT2D eigenvalue weighted by Crippen LogP contribution is -2.57. The van der Waals surface area contributed by atoms with Gasteiger partial charge in [0.15, 0.2) is 6.61 Å². The molecule has 9 nitrogen and oxygen atoms in total. The number of hydrazone groups is 1. The Bertz CT molecular complexity index is 1210. The number of rotatable bonds is 11. The van der Waals surface area contributed by atoms with Crippen molar-refractivity contribution >= 4 is 17.5 Å². The second kappa shape index (κ2) is 10.7. The topological polar surface area (TPSA) is 109 Å². The molecule has 0 radical (unpaired) electrons. The van der Waals surface area contributed by atoms with Crippen LogP contribution in [0.4, 0.5) is 8.78 Å². The number of halogens is 2. The van der Waals surface area contributed by atoms with Crippen molar-refractivity contribution in [3.63, 3.8) is 0 Å². The third kappa shape index (κ3) is 6.31. The normalized spacial score (nSPS) is 23.1. The van der Waals surface area contributed by atoms with Crippen molar-refractivity contribution in [3.05, 3.63) is 47.3 Å². The highest BCUT2D eigenvalue weighted by Crippen LogP contribution is 2.35. The highest BCUT2D eigenvalue weighted by atomic mass is 19.3. The first-order valence-electron chi connectivity index (χ1n) is 13.1. The number of hydrogen-bond donors (Lipinski definition) is 2. The van der Waals surface area contributed by atoms with Gasteiger partial charge in [-0.1, -0.05) is 30.1 Å². The van der Waals surface area contributed by atoms with Crippen LogP contribution in [0.2, 0.25) is 0 Å². The van der Waals surface area contributed by atoms with E-state index in [1.165, 1.54) is 19.0 Å². The zero-order valence-electron chi connectivity index (χ0n) is 21.6. The summed E-state index contributed by atoms with van der Waals surface area (Å²) in [5, 5.41) is 16.4. The van der Waals surface area contributed by atoms with E-state index in [9.17, 15) is 18.4 Å². The number of hydrogen-bond acceptors (Lipinski definition) is 7. The standard InChI is InChI=1S/C27H33F2N5O4/c1-16-14-30-38-23(16)26(36)32-24-22-21(33-34(24)11-10-17-6-7-17)13-19(31-25(22)35)9-8-18-4-3-5-20(12-18)37-15-27(2,28)29/h3-5,12,14,17,19,22,24H,6-11,13,15H2,1-2H3,(H,31,35)(H,32,36)/t19-,22?,24?/m0/s1. The van der Waals surface area contributed by atoms with Gasteiger partial charge in [-0.3, -0.25) is 14.6 Å². The summed E-state index contributed by atoms with van der Waals surface area (Å²) >= 11 is 0. The van der Waals surface area contributed by atoms with Gasteiger partial charge in [-0.15, -0.1) is 0 Å². The zero-order valence-corrected chi connectivity index (χ0v) is 21.6. The third-order valence-corrected chi connectivity index (χ3v) is 7.21. The number of fused-ring (bicyclic) bond motifs is 1. The summed E-state index contributed by atoms with van der Waals surface area (Å²) in [6.45, 7) is 2.54. The van der Waals surface area contributed by atoms with E-state index in [1.807, 2.05) is 11.1 Å². The van der Waals surface area contributed by atoms with Crippen molar-refractivity contribution in [2.24, 2.45) is 16.9 Å². The van der Waals surface area contributed by atoms with E-state index in [4.69, 9.17) is 14.4 Å². The van der Waals surface area contributed by atoms with E-state index in [-0.39, 0.29) is 17.7 Å². The third-order valence-electron chi connectivity index (χ3n) is 7.21. The number of aromatic nitrogens is 1. The van der Waals surface area contributed by atoms with Crippen molar-refractivity contribution in [1.82, 2.24) is 20.8 Å². The highest BCUT2D eigenvalue weighted by molar-refractivity contribution is 6.09. The molecule has 3 atom stereocenters. The Morgan fingerprint density at radius 2 is 2.13 bits per heavy atom. The average Bonchev–Trinajstić information content (AvgIpc) is 3.50. The van der Waals surface area contributed by atoms with Gasteiger partial charge in [0.2, 0.25) is 11.7 Å². The molecule has 11 heteroatoms. The number of aryl methyl sites for hydroxylation is 2. The molecule has 2 N–H and O–H groups in total. The molecule has 5 rings (SSSR count). The lowest BCUT2D eigenvalue weighted by atomic mass is 9.87. The van der Waals surface area contributed by atoms with Crippen LogP contribution in [0.25, 0.3) is 0 Å². The minimum Gasteiger partial charge on any atom is -0.487 e. The Morgan fingerprint density at radius 1 is 1.32 bits per heavy atom. The first-order valence-corrected chi connectivity index (χ1v) is 13.1. The van der Waals surface area contributed by atoms with E-state index < -0.39 is 30.5 Å². The number of nitrogens with zero attached hydrogens (tertiary/aromatic N) is 3. The number of piperidine rings is 1. The first kappa shape index (κ1) is 26.1. The van der Waals surface area contributed by atoms with Crippen LogP contribution in [0.5, 0.6) is 5.75 Å². The van der Waals surface area contributed by atoms with E-state index in [0.717, 1.165) is 24.6 Å². The van der Waals surface area contributed by atoms with Crippen LogP contribution in [0, 0.1) is 18.8 Å². The average molecular weight is 530 g/mol. The Hall–Kier alpha value is -3.50. The SMILES string of the molecule is Cc1cnoc1C(=O)NC1C2C(=O)N[C@@H](CCc3cccc(OCC(C)(F)F)c3)CC2=NN1CCC1CC1. The van der Waals surface area contributed by atoms with Crippen LogP contribution < -0.4 is 15.4 Å². The van der Waals surface area contributed by atoms with Gasteiger partial charge in [0.25, 0.3) is 11.8 Å². The molecule has 2 fully saturated rings. The lowest BCUT2D eigenvalue weighted by Gasteiger charge is -2.32. The van der Waals surface area contributed by atoms with Gasteiger partial charge >= 0.3 is 0 Å². The van der Waals surface area contributed by atoms with Crippen LogP contribution >= 0.6 is 0 Å². The summed E-state index contributed by atoms with van der Waals surface area (Å²) in [5.41, 5.74) is 2.32. The largest absolute Gasteiger partial charge is 0.487 e. The summed E-state index contributed by atoms with van der Waals surface area (Å²) in [5.74, 6) is -2.88. The van der Waals surface area contributed by atoms with Gasteiger partial charge in [0.05, 0.1) is 11.9 Å². The molecule has 2 aliphatic heterocycles. The maximum Gasteiger partial charge on any atom is 0.291 e. The van der Waals surface area contributed by atoms with Gasteiger partial charge in [-0.2, -0.15) is 5.10 Å². The maximum atomic E-state index is 13.3. The highest BCUT2D eigenvalue weighted by Gasteiger charge is 2.47. The number of benzene rings is 1. The number of ether oxygens (including phenoxy) is 1. The Kier molecular flexibility index (Phi) is 7.36. The van der Waals surface area contributed by atoms with Crippen molar-refractivity contribution in [3.8, 4) is 5.75 Å². The summed E-state index contributed by atoms with van der Waals surface area (Å²) in [6, 6.07) is 6.96. The number of carbonyl (C=O) groups is 2. The van der Waals surface area contributed by atoms with Crippen LogP contribution in [0.1, 0.15) is 60.7 Å². The molecule has 3 heterocycles. The quantitative estimate of drug-likeness (QED) is 0.460. The van der Waals surface area contributed by atoms with E-state index in [1.54, 1.807) is 25.1 Å². The molecule has 204 valence electrons. The van der Waals surface area contributed by atoms with E-state index >= 15 is 0 Å². The summed E-state index contributed by atoms with van der Waals surface area (Å²) in [6.07, 6.45) is 6.13. The molecule has 1 aliphatic carbocycles. The number of amides is 2. The fraction of sp³-hybridized carbons (Fsp3) is 0.556. The van der Waals surface area contributed by atoms with Crippen LogP contribution in [0.3, 0.4) is 0 Å². The molecule has 1 aromatic heterocycles. The van der Waals surface area contributed by atoms with Gasteiger partial charge in [0.1, 0.15) is 17.8 Å². The Balaban J connectivity index is 1.23. The lowest BCUT2D eigenvalue weighted by molar-refractivity contribution is -0.125. The molecule has 1 saturated carbocycles. The molecule has 2 unspecified atom stereocenters. The number of carbonyl (C=O) groups excluding carboxylic acids is 2. The van der Waals surface area contributed by atoms with Gasteiger partial charge in [-0.05, 0) is 49.8 Å². The summed E-state index contributed by atoms with van der Waals surface area (Å²) in [7, 11) is 0. The minimum absolute atomic E-state index is 0.127. The van der Waals surface area contributed by atoms with E-state index in [0.29, 0.717) is 43.0 Å². The van der Waals surface area contributed by atoms with Crippen LogP contribution in [-0.4, -0.2) is 59.0 Å². The van der Waals surface area contributed by atoms with Gasteiger partial charge < -0.3 is 19.9 Å². The molecular formula is C27H33F2N5O4. The second-order valence-electron chi connectivity index (χ2n) is 10.7. The second-order valence-corrected chi connectivity index (χ2v) is 10.7. The molecule has 38 heavy (non-hydrogen) atoms. The molecule has 1 aromatic carbocycles.